The SMILES string of the molecule is O=P(O)(O)O.[H-].[Li+].[SiH4]. The second kappa shape index (κ2) is 5.07. The Balaban J connectivity index is -0.0000000267. The first kappa shape index (κ1) is 15.7. The van der Waals surface area contributed by atoms with Crippen molar-refractivity contribution < 1.29 is 39.5 Å². The average Bonchev–Trinajstić information content (AvgIpc) is 0.722. The average molecular weight is 138 g/mol. The van der Waals surface area contributed by atoms with Gasteiger partial charge in [0.05, 0.1) is 0 Å². The number of rotatable bonds is 0. The molecule has 0 aromatic heterocycles. The number of phosphoric acid groups is 1. The van der Waals surface area contributed by atoms with Crippen molar-refractivity contribution in [2.75, 3.05) is 0 Å². The third-order valence-electron chi connectivity index (χ3n) is 0. The predicted octanol–water partition coefficient (Wildman–Crippen LogP) is -5.26. The van der Waals surface area contributed by atoms with Gasteiger partial charge in [0, 0.05) is 0 Å². The van der Waals surface area contributed by atoms with Gasteiger partial charge < -0.3 is 16.1 Å². The van der Waals surface area contributed by atoms with Gasteiger partial charge in [-0.1, -0.05) is 0 Å². The molecule has 3 N–H and O–H groups in total. The molecule has 4 nitrogen and oxygen atoms in total. The van der Waals surface area contributed by atoms with E-state index in [-0.39, 0.29) is 31.3 Å². The minimum Gasteiger partial charge on any atom is -1.00 e. The van der Waals surface area contributed by atoms with Crippen LogP contribution in [0.2, 0.25) is 0 Å². The van der Waals surface area contributed by atoms with E-state index < -0.39 is 7.82 Å². The molecule has 0 saturated carbocycles. The summed E-state index contributed by atoms with van der Waals surface area (Å²) in [5.41, 5.74) is 0. The van der Waals surface area contributed by atoms with Crippen LogP contribution >= 0.6 is 7.82 Å². The normalized spacial score (nSPS) is 8.43. The zero-order valence-electron chi connectivity index (χ0n) is 4.20. The summed E-state index contributed by atoms with van der Waals surface area (Å²) in [4.78, 5) is 21.6. The van der Waals surface area contributed by atoms with Crippen molar-refractivity contribution in [3.05, 3.63) is 0 Å². The van der Waals surface area contributed by atoms with Crippen LogP contribution in [0.15, 0.2) is 0 Å². The summed E-state index contributed by atoms with van der Waals surface area (Å²) in [5, 5.41) is 0. The largest absolute Gasteiger partial charge is 1.00 e. The molecular formula is H8LiO4PSi. The molecule has 0 fully saturated rings. The van der Waals surface area contributed by atoms with Crippen molar-refractivity contribution in [2.45, 2.75) is 0 Å². The molecule has 0 atom stereocenters. The minimum atomic E-state index is -4.64. The fraction of sp³-hybridized carbons (Fsp3) is 0. The van der Waals surface area contributed by atoms with Crippen LogP contribution in [-0.4, -0.2) is 25.6 Å². The van der Waals surface area contributed by atoms with Gasteiger partial charge in [-0.05, 0) is 11.0 Å². The Morgan fingerprint density at radius 2 is 1.29 bits per heavy atom. The minimum absolute atomic E-state index is 0. The first-order valence-corrected chi connectivity index (χ1v) is 2.35. The maximum Gasteiger partial charge on any atom is 1.00 e. The second-order valence-electron chi connectivity index (χ2n) is 0.513. The van der Waals surface area contributed by atoms with Gasteiger partial charge in [-0.25, -0.2) is 4.57 Å². The summed E-state index contributed by atoms with van der Waals surface area (Å²) in [5.74, 6) is 0. The van der Waals surface area contributed by atoms with Crippen molar-refractivity contribution in [1.82, 2.24) is 0 Å². The Morgan fingerprint density at radius 3 is 1.29 bits per heavy atom. The topological polar surface area (TPSA) is 77.8 Å². The van der Waals surface area contributed by atoms with Crippen molar-refractivity contribution in [1.29, 1.82) is 0 Å². The fourth-order valence-corrected chi connectivity index (χ4v) is 0. The molecule has 0 amide bonds. The molecule has 0 rings (SSSR count). The second-order valence-corrected chi connectivity index (χ2v) is 1.54. The maximum absolute atomic E-state index is 8.88. The Labute approximate surface area is 58.9 Å². The first-order chi connectivity index (χ1) is 2.00. The Hall–Kier alpha value is 0.924. The first-order valence-electron chi connectivity index (χ1n) is 0.783. The van der Waals surface area contributed by atoms with E-state index in [2.05, 4.69) is 0 Å². The monoisotopic (exact) mass is 138 g/mol. The Kier molecular flexibility index (Phi) is 11.3. The van der Waals surface area contributed by atoms with Crippen molar-refractivity contribution in [2.24, 2.45) is 0 Å². The van der Waals surface area contributed by atoms with Crippen LogP contribution in [0.5, 0.6) is 0 Å². The summed E-state index contributed by atoms with van der Waals surface area (Å²) < 4.78 is 8.88. The standard InChI is InChI=1S/Li.H3O4P.H4Si.H/c;1-5(2,3)4;;/h;(H3,1,2,3,4);1H4;/q+1;;;-1. The molecule has 0 aliphatic heterocycles. The van der Waals surface area contributed by atoms with Crippen LogP contribution in [0.3, 0.4) is 0 Å². The van der Waals surface area contributed by atoms with Crippen LogP contribution in [0, 0.1) is 0 Å². The van der Waals surface area contributed by atoms with E-state index in [1.54, 1.807) is 0 Å². The predicted molar refractivity (Wildman–Crippen MR) is 26.7 cm³/mol. The maximum atomic E-state index is 8.88. The zero-order chi connectivity index (χ0) is 4.50. The molecule has 0 aliphatic carbocycles. The van der Waals surface area contributed by atoms with Crippen molar-refractivity contribution in [3.63, 3.8) is 0 Å². The van der Waals surface area contributed by atoms with E-state index in [1.165, 1.54) is 0 Å². The van der Waals surface area contributed by atoms with E-state index in [9.17, 15) is 0 Å². The van der Waals surface area contributed by atoms with Gasteiger partial charge in [0.15, 0.2) is 0 Å². The quantitative estimate of drug-likeness (QED) is 0.231. The van der Waals surface area contributed by atoms with E-state index in [1.807, 2.05) is 0 Å². The summed E-state index contributed by atoms with van der Waals surface area (Å²) >= 11 is 0. The van der Waals surface area contributed by atoms with Crippen LogP contribution in [0.25, 0.3) is 0 Å². The molecule has 0 aromatic carbocycles. The molecule has 7 heavy (non-hydrogen) atoms. The van der Waals surface area contributed by atoms with Gasteiger partial charge >= 0.3 is 26.7 Å². The van der Waals surface area contributed by atoms with Gasteiger partial charge in [0.2, 0.25) is 0 Å². The van der Waals surface area contributed by atoms with E-state index in [4.69, 9.17) is 19.2 Å². The molecule has 0 aliphatic rings. The van der Waals surface area contributed by atoms with Crippen LogP contribution < -0.4 is 18.9 Å². The summed E-state index contributed by atoms with van der Waals surface area (Å²) in [6, 6.07) is 0. The molecule has 0 heterocycles. The van der Waals surface area contributed by atoms with E-state index in [0.29, 0.717) is 0 Å². The van der Waals surface area contributed by atoms with Gasteiger partial charge in [0.1, 0.15) is 0 Å². The van der Waals surface area contributed by atoms with Gasteiger partial charge in [-0.2, -0.15) is 0 Å². The molecule has 0 saturated heterocycles. The van der Waals surface area contributed by atoms with Crippen molar-refractivity contribution >= 4 is 18.8 Å². The van der Waals surface area contributed by atoms with Crippen LogP contribution in [0.4, 0.5) is 0 Å². The van der Waals surface area contributed by atoms with Crippen molar-refractivity contribution in [3.8, 4) is 0 Å². The number of hydrogen-bond acceptors (Lipinski definition) is 1. The summed E-state index contributed by atoms with van der Waals surface area (Å²) in [6.45, 7) is 0. The molecule has 0 radical (unpaired) electrons. The summed E-state index contributed by atoms with van der Waals surface area (Å²) in [6.07, 6.45) is 0. The smallest absolute Gasteiger partial charge is 1.00 e. The summed E-state index contributed by atoms with van der Waals surface area (Å²) in [7, 11) is -4.64. The molecule has 0 unspecified atom stereocenters. The van der Waals surface area contributed by atoms with Gasteiger partial charge in [-0.3, -0.25) is 0 Å². The molecule has 42 valence electrons. The van der Waals surface area contributed by atoms with E-state index in [0.717, 1.165) is 0 Å². The van der Waals surface area contributed by atoms with E-state index >= 15 is 0 Å². The van der Waals surface area contributed by atoms with Gasteiger partial charge in [-0.15, -0.1) is 0 Å². The molecular weight excluding hydrogens is 130 g/mol. The third kappa shape index (κ3) is 197. The fourth-order valence-electron chi connectivity index (χ4n) is 0. The Bertz CT molecular complexity index is 62.2. The zero-order valence-corrected chi connectivity index (χ0v) is 4.09. The Morgan fingerprint density at radius 1 is 1.29 bits per heavy atom. The molecule has 0 aromatic rings. The van der Waals surface area contributed by atoms with Crippen LogP contribution in [0.1, 0.15) is 1.43 Å². The third-order valence-corrected chi connectivity index (χ3v) is 0. The molecule has 7 heteroatoms. The van der Waals surface area contributed by atoms with Gasteiger partial charge in [0.25, 0.3) is 0 Å². The molecule has 0 spiro atoms. The van der Waals surface area contributed by atoms with Crippen LogP contribution in [-0.2, 0) is 4.57 Å². The number of hydrogen-bond donors (Lipinski definition) is 3. The molecule has 0 bridgehead atoms.